The smallest absolute Gasteiger partial charge is 0.223 e. The van der Waals surface area contributed by atoms with Crippen LogP contribution in [0.2, 0.25) is 0 Å². The van der Waals surface area contributed by atoms with Crippen molar-refractivity contribution < 1.29 is 17.6 Å². The van der Waals surface area contributed by atoms with Crippen LogP contribution < -0.4 is 10.2 Å². The van der Waals surface area contributed by atoms with E-state index in [-0.39, 0.29) is 23.4 Å². The Kier molecular flexibility index (Phi) is 6.70. The Labute approximate surface area is 160 Å². The average Bonchev–Trinajstić information content (AvgIpc) is 3.21. The standard InChI is InChI=1S/C19H28FN3O3S/c20-17-6-8-18(9-7-17)22-11-13-23(14-12-22)27(25,26)15-3-10-21-19(24)16-4-1-2-5-16/h6-9,16H,1-5,10-15H2,(H,21,24). The minimum Gasteiger partial charge on any atom is -0.369 e. The summed E-state index contributed by atoms with van der Waals surface area (Å²) in [6.07, 6.45) is 4.54. The van der Waals surface area contributed by atoms with Gasteiger partial charge in [-0.2, -0.15) is 4.31 Å². The van der Waals surface area contributed by atoms with E-state index >= 15 is 0 Å². The third-order valence-electron chi connectivity index (χ3n) is 5.43. The molecule has 1 heterocycles. The third kappa shape index (κ3) is 5.42. The van der Waals surface area contributed by atoms with E-state index in [1.807, 2.05) is 0 Å². The zero-order valence-electron chi connectivity index (χ0n) is 15.6. The summed E-state index contributed by atoms with van der Waals surface area (Å²) in [7, 11) is -3.32. The van der Waals surface area contributed by atoms with E-state index in [0.717, 1.165) is 31.4 Å². The molecule has 1 aromatic carbocycles. The molecule has 6 nitrogen and oxygen atoms in total. The third-order valence-corrected chi connectivity index (χ3v) is 7.38. The molecule has 1 aromatic rings. The Hall–Kier alpha value is -1.67. The largest absolute Gasteiger partial charge is 0.369 e. The molecule has 8 heteroatoms. The van der Waals surface area contributed by atoms with Crippen molar-refractivity contribution in [2.24, 2.45) is 5.92 Å². The number of sulfonamides is 1. The summed E-state index contributed by atoms with van der Waals surface area (Å²) in [4.78, 5) is 14.0. The van der Waals surface area contributed by atoms with Gasteiger partial charge in [-0.15, -0.1) is 0 Å². The Balaban J connectivity index is 1.40. The van der Waals surface area contributed by atoms with Crippen molar-refractivity contribution in [3.8, 4) is 0 Å². The van der Waals surface area contributed by atoms with E-state index in [2.05, 4.69) is 10.2 Å². The van der Waals surface area contributed by atoms with E-state index < -0.39 is 10.0 Å². The first-order chi connectivity index (χ1) is 13.0. The van der Waals surface area contributed by atoms with Gasteiger partial charge in [-0.1, -0.05) is 12.8 Å². The lowest BCUT2D eigenvalue weighted by atomic mass is 10.1. The van der Waals surface area contributed by atoms with Crippen LogP contribution in [0.15, 0.2) is 24.3 Å². The Morgan fingerprint density at radius 3 is 2.33 bits per heavy atom. The quantitative estimate of drug-likeness (QED) is 0.715. The summed E-state index contributed by atoms with van der Waals surface area (Å²) in [5, 5.41) is 2.87. The van der Waals surface area contributed by atoms with Gasteiger partial charge in [-0.05, 0) is 43.5 Å². The van der Waals surface area contributed by atoms with Gasteiger partial charge in [0.2, 0.25) is 15.9 Å². The number of halogens is 1. The second kappa shape index (κ2) is 9.01. The highest BCUT2D eigenvalue weighted by Gasteiger charge is 2.27. The van der Waals surface area contributed by atoms with Crippen LogP contribution in [0.25, 0.3) is 0 Å². The van der Waals surface area contributed by atoms with E-state index in [4.69, 9.17) is 0 Å². The molecule has 1 saturated heterocycles. The van der Waals surface area contributed by atoms with E-state index in [1.54, 1.807) is 12.1 Å². The molecule has 2 fully saturated rings. The number of hydrogen-bond donors (Lipinski definition) is 1. The first-order valence-electron chi connectivity index (χ1n) is 9.72. The predicted molar refractivity (Wildman–Crippen MR) is 104 cm³/mol. The minimum absolute atomic E-state index is 0.0501. The maximum Gasteiger partial charge on any atom is 0.223 e. The fourth-order valence-electron chi connectivity index (χ4n) is 3.80. The van der Waals surface area contributed by atoms with Crippen LogP contribution in [-0.4, -0.2) is 57.1 Å². The number of rotatable bonds is 7. The molecule has 0 bridgehead atoms. The average molecular weight is 398 g/mol. The monoisotopic (exact) mass is 397 g/mol. The van der Waals surface area contributed by atoms with Crippen LogP contribution in [-0.2, 0) is 14.8 Å². The number of hydrogen-bond acceptors (Lipinski definition) is 4. The maximum atomic E-state index is 13.0. The Bertz CT molecular complexity index is 725. The number of carbonyl (C=O) groups excluding carboxylic acids is 1. The lowest BCUT2D eigenvalue weighted by Crippen LogP contribution is -2.49. The van der Waals surface area contributed by atoms with E-state index in [0.29, 0.717) is 39.1 Å². The molecule has 1 aliphatic heterocycles. The fraction of sp³-hybridized carbons (Fsp3) is 0.632. The Morgan fingerprint density at radius 2 is 1.70 bits per heavy atom. The van der Waals surface area contributed by atoms with Crippen LogP contribution in [0.1, 0.15) is 32.1 Å². The highest BCUT2D eigenvalue weighted by atomic mass is 32.2. The first-order valence-corrected chi connectivity index (χ1v) is 11.3. The van der Waals surface area contributed by atoms with Crippen molar-refractivity contribution in [1.29, 1.82) is 0 Å². The molecule has 0 aromatic heterocycles. The number of nitrogens with one attached hydrogen (secondary N) is 1. The number of piperazine rings is 1. The summed E-state index contributed by atoms with van der Waals surface area (Å²) in [6.45, 7) is 2.43. The highest BCUT2D eigenvalue weighted by Crippen LogP contribution is 2.24. The topological polar surface area (TPSA) is 69.7 Å². The molecule has 0 spiro atoms. The van der Waals surface area contributed by atoms with Crippen LogP contribution in [0, 0.1) is 11.7 Å². The second-order valence-corrected chi connectivity index (χ2v) is 9.39. The Morgan fingerprint density at radius 1 is 1.07 bits per heavy atom. The molecule has 1 N–H and O–H groups in total. The van der Waals surface area contributed by atoms with Crippen LogP contribution in [0.4, 0.5) is 10.1 Å². The summed E-state index contributed by atoms with van der Waals surface area (Å²) < 4.78 is 39.6. The number of amides is 1. The maximum absolute atomic E-state index is 13.0. The molecule has 0 atom stereocenters. The normalized spacial score (nSPS) is 19.4. The number of anilines is 1. The molecule has 1 saturated carbocycles. The highest BCUT2D eigenvalue weighted by molar-refractivity contribution is 7.89. The van der Waals surface area contributed by atoms with Crippen molar-refractivity contribution in [3.63, 3.8) is 0 Å². The van der Waals surface area contributed by atoms with Gasteiger partial charge >= 0.3 is 0 Å². The predicted octanol–water partition coefficient (Wildman–Crippen LogP) is 1.97. The van der Waals surface area contributed by atoms with Crippen molar-refractivity contribution in [2.45, 2.75) is 32.1 Å². The number of carbonyl (C=O) groups is 1. The van der Waals surface area contributed by atoms with Crippen LogP contribution >= 0.6 is 0 Å². The summed E-state index contributed by atoms with van der Waals surface area (Å²) in [6, 6.07) is 6.26. The van der Waals surface area contributed by atoms with Gasteiger partial charge in [0.05, 0.1) is 5.75 Å². The molecule has 3 rings (SSSR count). The van der Waals surface area contributed by atoms with Gasteiger partial charge in [0.1, 0.15) is 5.82 Å². The molecule has 2 aliphatic rings. The number of benzene rings is 1. The van der Waals surface area contributed by atoms with Crippen molar-refractivity contribution in [1.82, 2.24) is 9.62 Å². The van der Waals surface area contributed by atoms with Crippen molar-refractivity contribution in [3.05, 3.63) is 30.1 Å². The molecule has 150 valence electrons. The lowest BCUT2D eigenvalue weighted by molar-refractivity contribution is -0.124. The van der Waals surface area contributed by atoms with Crippen molar-refractivity contribution in [2.75, 3.05) is 43.4 Å². The van der Waals surface area contributed by atoms with Gasteiger partial charge in [0, 0.05) is 44.3 Å². The second-order valence-electron chi connectivity index (χ2n) is 7.30. The van der Waals surface area contributed by atoms with Gasteiger partial charge in [0.15, 0.2) is 0 Å². The van der Waals surface area contributed by atoms with Crippen molar-refractivity contribution >= 4 is 21.6 Å². The van der Waals surface area contributed by atoms with Gasteiger partial charge in [-0.3, -0.25) is 4.79 Å². The van der Waals surface area contributed by atoms with Gasteiger partial charge in [0.25, 0.3) is 0 Å². The molecular formula is C19H28FN3O3S. The fourth-order valence-corrected chi connectivity index (χ4v) is 5.29. The minimum atomic E-state index is -3.32. The molecule has 27 heavy (non-hydrogen) atoms. The number of nitrogens with zero attached hydrogens (tertiary/aromatic N) is 2. The van der Waals surface area contributed by atoms with Gasteiger partial charge < -0.3 is 10.2 Å². The van der Waals surface area contributed by atoms with E-state index in [1.165, 1.54) is 16.4 Å². The zero-order chi connectivity index (χ0) is 19.3. The summed E-state index contributed by atoms with van der Waals surface area (Å²) in [5.41, 5.74) is 0.906. The molecule has 1 aliphatic carbocycles. The van der Waals surface area contributed by atoms with Crippen LogP contribution in [0.5, 0.6) is 0 Å². The summed E-state index contributed by atoms with van der Waals surface area (Å²) >= 11 is 0. The molecule has 0 radical (unpaired) electrons. The molecule has 0 unspecified atom stereocenters. The van der Waals surface area contributed by atoms with Crippen LogP contribution in [0.3, 0.4) is 0 Å². The lowest BCUT2D eigenvalue weighted by Gasteiger charge is -2.35. The SMILES string of the molecule is O=C(NCCCS(=O)(=O)N1CCN(c2ccc(F)cc2)CC1)C1CCCC1. The zero-order valence-corrected chi connectivity index (χ0v) is 16.4. The first kappa shape index (κ1) is 20.1. The van der Waals surface area contributed by atoms with E-state index in [9.17, 15) is 17.6 Å². The molecule has 1 amide bonds. The summed E-state index contributed by atoms with van der Waals surface area (Å²) in [5.74, 6) is -0.0481. The molecular weight excluding hydrogens is 369 g/mol. The van der Waals surface area contributed by atoms with Gasteiger partial charge in [-0.25, -0.2) is 12.8 Å².